The zero-order chi connectivity index (χ0) is 15.4. The number of carbonyl (C=O) groups is 2. The number of carbonyl (C=O) groups excluding carboxylic acids is 2. The van der Waals surface area contributed by atoms with Gasteiger partial charge in [-0.1, -0.05) is 12.1 Å². The largest absolute Gasteiger partial charge is 0.350 e. The first-order valence-electron chi connectivity index (χ1n) is 7.34. The van der Waals surface area contributed by atoms with Crippen LogP contribution in [0.15, 0.2) is 42.7 Å². The first kappa shape index (κ1) is 14.3. The number of aromatic nitrogens is 2. The predicted octanol–water partition coefficient (Wildman–Crippen LogP) is 1.55. The fourth-order valence-electron chi connectivity index (χ4n) is 2.15. The smallest absolute Gasteiger partial charge is 0.241 e. The first-order chi connectivity index (χ1) is 10.7. The van der Waals surface area contributed by atoms with Crippen LogP contribution >= 0.6 is 0 Å². The van der Waals surface area contributed by atoms with Crippen molar-refractivity contribution >= 4 is 17.5 Å². The van der Waals surface area contributed by atoms with Crippen LogP contribution in [-0.2, 0) is 22.7 Å². The Balaban J connectivity index is 1.51. The molecule has 1 fully saturated rings. The SMILES string of the molecule is O=C(Cn1cccn1)NCc1cccc(NC(=O)C2CC2)c1. The van der Waals surface area contributed by atoms with E-state index < -0.39 is 0 Å². The van der Waals surface area contributed by atoms with Crippen molar-refractivity contribution < 1.29 is 9.59 Å². The number of hydrogen-bond acceptors (Lipinski definition) is 3. The van der Waals surface area contributed by atoms with Gasteiger partial charge in [-0.15, -0.1) is 0 Å². The zero-order valence-electron chi connectivity index (χ0n) is 12.2. The van der Waals surface area contributed by atoms with E-state index in [1.54, 1.807) is 23.1 Å². The highest BCUT2D eigenvalue weighted by Crippen LogP contribution is 2.30. The average Bonchev–Trinajstić information content (AvgIpc) is 3.25. The van der Waals surface area contributed by atoms with E-state index in [-0.39, 0.29) is 24.3 Å². The van der Waals surface area contributed by atoms with Gasteiger partial charge in [-0.05, 0) is 36.6 Å². The summed E-state index contributed by atoms with van der Waals surface area (Å²) in [5.74, 6) is 0.161. The summed E-state index contributed by atoms with van der Waals surface area (Å²) in [6, 6.07) is 9.31. The van der Waals surface area contributed by atoms with Crippen molar-refractivity contribution in [3.63, 3.8) is 0 Å². The molecule has 1 aliphatic rings. The van der Waals surface area contributed by atoms with Crippen molar-refractivity contribution in [1.82, 2.24) is 15.1 Å². The molecule has 0 bridgehead atoms. The lowest BCUT2D eigenvalue weighted by Gasteiger charge is -2.08. The summed E-state index contributed by atoms with van der Waals surface area (Å²) in [5.41, 5.74) is 1.72. The van der Waals surface area contributed by atoms with Gasteiger partial charge in [0, 0.05) is 30.5 Å². The number of nitrogens with one attached hydrogen (secondary N) is 2. The number of nitrogens with zero attached hydrogens (tertiary/aromatic N) is 2. The van der Waals surface area contributed by atoms with Crippen LogP contribution in [0.3, 0.4) is 0 Å². The van der Waals surface area contributed by atoms with Crippen LogP contribution in [0.4, 0.5) is 5.69 Å². The van der Waals surface area contributed by atoms with E-state index in [1.165, 1.54) is 0 Å². The van der Waals surface area contributed by atoms with Gasteiger partial charge in [-0.3, -0.25) is 14.3 Å². The molecule has 2 amide bonds. The molecular weight excluding hydrogens is 280 g/mol. The number of hydrogen-bond donors (Lipinski definition) is 2. The summed E-state index contributed by atoms with van der Waals surface area (Å²) < 4.78 is 1.57. The molecule has 0 saturated heterocycles. The molecule has 6 heteroatoms. The zero-order valence-corrected chi connectivity index (χ0v) is 12.2. The predicted molar refractivity (Wildman–Crippen MR) is 81.9 cm³/mol. The second-order valence-corrected chi connectivity index (χ2v) is 5.44. The van der Waals surface area contributed by atoms with Gasteiger partial charge >= 0.3 is 0 Å². The Bertz CT molecular complexity index is 663. The minimum Gasteiger partial charge on any atom is -0.350 e. The van der Waals surface area contributed by atoms with E-state index in [2.05, 4.69) is 15.7 Å². The summed E-state index contributed by atoms with van der Waals surface area (Å²) in [6.45, 7) is 0.623. The summed E-state index contributed by atoms with van der Waals surface area (Å²) >= 11 is 0. The van der Waals surface area contributed by atoms with Crippen LogP contribution in [0.5, 0.6) is 0 Å². The summed E-state index contributed by atoms with van der Waals surface area (Å²) in [7, 11) is 0. The topological polar surface area (TPSA) is 76.0 Å². The molecule has 3 rings (SSSR count). The molecule has 2 aromatic rings. The molecule has 0 spiro atoms. The van der Waals surface area contributed by atoms with Gasteiger partial charge in [-0.25, -0.2) is 0 Å². The number of rotatable bonds is 6. The normalized spacial score (nSPS) is 13.6. The van der Waals surface area contributed by atoms with Gasteiger partial charge in [0.05, 0.1) is 0 Å². The molecule has 114 valence electrons. The average molecular weight is 298 g/mol. The van der Waals surface area contributed by atoms with E-state index in [0.717, 1.165) is 24.1 Å². The summed E-state index contributed by atoms with van der Waals surface area (Å²) in [5, 5.41) is 9.73. The second kappa shape index (κ2) is 6.43. The molecule has 1 heterocycles. The van der Waals surface area contributed by atoms with Crippen LogP contribution in [0.1, 0.15) is 18.4 Å². The molecule has 0 unspecified atom stereocenters. The van der Waals surface area contributed by atoms with Crippen molar-refractivity contribution in [2.75, 3.05) is 5.32 Å². The van der Waals surface area contributed by atoms with Gasteiger partial charge in [0.2, 0.25) is 11.8 Å². The molecule has 1 aliphatic carbocycles. The Kier molecular flexibility index (Phi) is 4.18. The van der Waals surface area contributed by atoms with Crippen LogP contribution in [0.2, 0.25) is 0 Å². The molecule has 1 aromatic heterocycles. The monoisotopic (exact) mass is 298 g/mol. The maximum absolute atomic E-state index is 11.8. The van der Waals surface area contributed by atoms with Crippen molar-refractivity contribution in [3.05, 3.63) is 48.3 Å². The van der Waals surface area contributed by atoms with Crippen molar-refractivity contribution in [1.29, 1.82) is 0 Å². The van der Waals surface area contributed by atoms with Crippen LogP contribution in [-0.4, -0.2) is 21.6 Å². The molecule has 1 saturated carbocycles. The maximum atomic E-state index is 11.8. The number of amides is 2. The minimum absolute atomic E-state index is 0.0832. The van der Waals surface area contributed by atoms with Crippen molar-refractivity contribution in [2.24, 2.45) is 5.92 Å². The Morgan fingerprint density at radius 2 is 2.14 bits per heavy atom. The Morgan fingerprint density at radius 1 is 1.27 bits per heavy atom. The Hall–Kier alpha value is -2.63. The molecule has 0 aliphatic heterocycles. The molecule has 6 nitrogen and oxygen atoms in total. The van der Waals surface area contributed by atoms with Crippen LogP contribution in [0, 0.1) is 5.92 Å². The fourth-order valence-corrected chi connectivity index (χ4v) is 2.15. The van der Waals surface area contributed by atoms with E-state index in [9.17, 15) is 9.59 Å². The van der Waals surface area contributed by atoms with E-state index in [1.807, 2.05) is 24.3 Å². The Morgan fingerprint density at radius 3 is 2.86 bits per heavy atom. The lowest BCUT2D eigenvalue weighted by Crippen LogP contribution is -2.27. The lowest BCUT2D eigenvalue weighted by atomic mass is 10.2. The molecule has 1 aromatic carbocycles. The van der Waals surface area contributed by atoms with Crippen molar-refractivity contribution in [2.45, 2.75) is 25.9 Å². The summed E-state index contributed by atoms with van der Waals surface area (Å²) in [4.78, 5) is 23.5. The Labute approximate surface area is 128 Å². The number of benzene rings is 1. The van der Waals surface area contributed by atoms with Crippen LogP contribution < -0.4 is 10.6 Å². The third-order valence-corrected chi connectivity index (χ3v) is 3.50. The molecule has 0 atom stereocenters. The molecular formula is C16H18N4O2. The third-order valence-electron chi connectivity index (χ3n) is 3.50. The quantitative estimate of drug-likeness (QED) is 0.849. The van der Waals surface area contributed by atoms with Gasteiger partial charge in [-0.2, -0.15) is 5.10 Å². The highest BCUT2D eigenvalue weighted by Gasteiger charge is 2.29. The lowest BCUT2D eigenvalue weighted by molar-refractivity contribution is -0.122. The third kappa shape index (κ3) is 3.94. The molecule has 0 radical (unpaired) electrons. The first-order valence-corrected chi connectivity index (χ1v) is 7.34. The molecule has 22 heavy (non-hydrogen) atoms. The second-order valence-electron chi connectivity index (χ2n) is 5.44. The summed E-state index contributed by atoms with van der Waals surface area (Å²) in [6.07, 6.45) is 5.34. The maximum Gasteiger partial charge on any atom is 0.241 e. The van der Waals surface area contributed by atoms with Crippen LogP contribution in [0.25, 0.3) is 0 Å². The highest BCUT2D eigenvalue weighted by molar-refractivity contribution is 5.94. The van der Waals surface area contributed by atoms with E-state index in [4.69, 9.17) is 0 Å². The van der Waals surface area contributed by atoms with Gasteiger partial charge in [0.15, 0.2) is 0 Å². The molecule has 2 N–H and O–H groups in total. The van der Waals surface area contributed by atoms with Gasteiger partial charge in [0.1, 0.15) is 6.54 Å². The van der Waals surface area contributed by atoms with Crippen molar-refractivity contribution in [3.8, 4) is 0 Å². The van der Waals surface area contributed by atoms with Gasteiger partial charge < -0.3 is 10.6 Å². The highest BCUT2D eigenvalue weighted by atomic mass is 16.2. The fraction of sp³-hybridized carbons (Fsp3) is 0.312. The minimum atomic E-state index is -0.101. The van der Waals surface area contributed by atoms with E-state index >= 15 is 0 Å². The number of anilines is 1. The van der Waals surface area contributed by atoms with E-state index in [0.29, 0.717) is 6.54 Å². The van der Waals surface area contributed by atoms with Gasteiger partial charge in [0.25, 0.3) is 0 Å². The standard InChI is InChI=1S/C16H18N4O2/c21-15(11-20-8-2-7-18-20)17-10-12-3-1-4-14(9-12)19-16(22)13-5-6-13/h1-4,7-9,13H,5-6,10-11H2,(H,17,21)(H,19,22).